The number of hydrogen-bond donors (Lipinski definition) is 1. The molecule has 178 valence electrons. The van der Waals surface area contributed by atoms with Crippen LogP contribution in [0.2, 0.25) is 0 Å². The highest BCUT2D eigenvalue weighted by Gasteiger charge is 2.37. The zero-order valence-electron chi connectivity index (χ0n) is 19.1. The van der Waals surface area contributed by atoms with E-state index in [0.29, 0.717) is 18.5 Å². The summed E-state index contributed by atoms with van der Waals surface area (Å²) in [5.74, 6) is -1.76. The van der Waals surface area contributed by atoms with Gasteiger partial charge in [0.1, 0.15) is 10.7 Å². The fourth-order valence-electron chi connectivity index (χ4n) is 4.34. The predicted molar refractivity (Wildman–Crippen MR) is 131 cm³/mol. The molecule has 1 aliphatic heterocycles. The molecule has 0 spiro atoms. The second kappa shape index (κ2) is 9.56. The Balaban J connectivity index is 1.94. The van der Waals surface area contributed by atoms with Gasteiger partial charge in [0.25, 0.3) is 0 Å². The molecular weight excluding hydrogens is 455 g/mol. The van der Waals surface area contributed by atoms with Crippen molar-refractivity contribution >= 4 is 27.4 Å². The van der Waals surface area contributed by atoms with Crippen LogP contribution in [-0.4, -0.2) is 43.4 Å². The fourth-order valence-corrected chi connectivity index (χ4v) is 5.92. The first kappa shape index (κ1) is 23.9. The predicted octanol–water partition coefficient (Wildman–Crippen LogP) is 5.52. The highest BCUT2D eigenvalue weighted by molar-refractivity contribution is 7.89. The van der Waals surface area contributed by atoms with Gasteiger partial charge < -0.3 is 10.0 Å². The number of fused-ring (bicyclic) bond motifs is 1. The summed E-state index contributed by atoms with van der Waals surface area (Å²) < 4.78 is 44.3. The molecule has 6 nitrogen and oxygen atoms in total. The van der Waals surface area contributed by atoms with Gasteiger partial charge >= 0.3 is 5.97 Å². The van der Waals surface area contributed by atoms with Gasteiger partial charge in [0.15, 0.2) is 0 Å². The number of carboxylic acid groups (broad SMARTS) is 1. The third-order valence-corrected chi connectivity index (χ3v) is 8.22. The summed E-state index contributed by atoms with van der Waals surface area (Å²) in [6.45, 7) is 2.45. The van der Waals surface area contributed by atoms with Gasteiger partial charge in [-0.05, 0) is 48.4 Å². The van der Waals surface area contributed by atoms with Gasteiger partial charge in [-0.1, -0.05) is 50.1 Å². The quantitative estimate of drug-likeness (QED) is 0.500. The van der Waals surface area contributed by atoms with E-state index in [-0.39, 0.29) is 27.8 Å². The summed E-state index contributed by atoms with van der Waals surface area (Å²) in [5, 5.41) is 9.33. The van der Waals surface area contributed by atoms with Crippen molar-refractivity contribution in [2.24, 2.45) is 0 Å². The minimum Gasteiger partial charge on any atom is -0.478 e. The number of hydrogen-bond acceptors (Lipinski definition) is 4. The van der Waals surface area contributed by atoms with Crippen LogP contribution in [-0.2, 0) is 10.0 Å². The van der Waals surface area contributed by atoms with E-state index >= 15 is 4.39 Å². The van der Waals surface area contributed by atoms with Crippen molar-refractivity contribution in [1.82, 2.24) is 4.31 Å². The maximum absolute atomic E-state index is 15.5. The number of anilines is 2. The van der Waals surface area contributed by atoms with Crippen molar-refractivity contribution in [3.8, 4) is 11.1 Å². The Hall–Kier alpha value is -3.23. The fraction of sp³-hybridized carbons (Fsp3) is 0.269. The number of likely N-dealkylation sites (N-methyl/N-ethyl adjacent to an activating group) is 1. The van der Waals surface area contributed by atoms with Crippen LogP contribution < -0.4 is 4.90 Å². The molecular formula is C26H27FN2O4S. The Bertz CT molecular complexity index is 1310. The number of unbranched alkanes of at least 4 members (excludes halogenated alkanes) is 1. The molecule has 8 heteroatoms. The van der Waals surface area contributed by atoms with Crippen molar-refractivity contribution in [3.05, 3.63) is 78.1 Å². The maximum atomic E-state index is 15.5. The molecule has 3 aromatic carbocycles. The number of carbonyl (C=O) groups is 1. The van der Waals surface area contributed by atoms with E-state index in [9.17, 15) is 18.3 Å². The van der Waals surface area contributed by atoms with Gasteiger partial charge in [-0.15, -0.1) is 0 Å². The molecule has 4 rings (SSSR count). The van der Waals surface area contributed by atoms with Crippen LogP contribution in [0.3, 0.4) is 0 Å². The lowest BCUT2D eigenvalue weighted by atomic mass is 10.0. The zero-order valence-corrected chi connectivity index (χ0v) is 19.9. The standard InChI is InChI=1S/C26H27FN2O4S/c1-3-4-11-21-17-29(20-12-6-5-7-13-20)24-16-23(27)22(15-25(24)34(32,33)28(21)2)18-9-8-10-19(14-18)26(30)31/h5-10,12-16,21H,3-4,11,17H2,1-2H3,(H,30,31). The summed E-state index contributed by atoms with van der Waals surface area (Å²) in [6.07, 6.45) is 2.48. The van der Waals surface area contributed by atoms with Gasteiger partial charge in [0.2, 0.25) is 10.0 Å². The minimum absolute atomic E-state index is 0.00244. The summed E-state index contributed by atoms with van der Waals surface area (Å²) in [7, 11) is -2.37. The largest absolute Gasteiger partial charge is 0.478 e. The summed E-state index contributed by atoms with van der Waals surface area (Å²) in [6, 6.07) is 17.5. The van der Waals surface area contributed by atoms with E-state index in [2.05, 4.69) is 6.92 Å². The first-order chi connectivity index (χ1) is 16.2. The van der Waals surface area contributed by atoms with Gasteiger partial charge in [-0.25, -0.2) is 17.6 Å². The monoisotopic (exact) mass is 482 g/mol. The molecule has 1 atom stereocenters. The Labute approximate surface area is 199 Å². The minimum atomic E-state index is -3.94. The van der Waals surface area contributed by atoms with Crippen molar-refractivity contribution in [3.63, 3.8) is 0 Å². The first-order valence-corrected chi connectivity index (χ1v) is 12.7. The van der Waals surface area contributed by atoms with E-state index in [1.165, 1.54) is 34.6 Å². The molecule has 0 bridgehead atoms. The summed E-state index contributed by atoms with van der Waals surface area (Å²) in [5.41, 5.74) is 1.38. The number of para-hydroxylation sites is 1. The molecule has 34 heavy (non-hydrogen) atoms. The lowest BCUT2D eigenvalue weighted by Crippen LogP contribution is -2.40. The Kier molecular flexibility index (Phi) is 6.72. The van der Waals surface area contributed by atoms with E-state index in [1.807, 2.05) is 35.2 Å². The first-order valence-electron chi connectivity index (χ1n) is 11.2. The number of carboxylic acids is 1. The molecule has 0 fully saturated rings. The molecule has 3 aromatic rings. The van der Waals surface area contributed by atoms with Crippen LogP contribution in [0, 0.1) is 5.82 Å². The molecule has 0 saturated heterocycles. The normalized spacial score (nSPS) is 17.7. The number of rotatable bonds is 6. The molecule has 0 aliphatic carbocycles. The van der Waals surface area contributed by atoms with Crippen molar-refractivity contribution in [2.45, 2.75) is 37.1 Å². The van der Waals surface area contributed by atoms with E-state index < -0.39 is 21.8 Å². The van der Waals surface area contributed by atoms with Gasteiger partial charge in [-0.3, -0.25) is 0 Å². The number of benzene rings is 3. The molecule has 1 unspecified atom stereocenters. The van der Waals surface area contributed by atoms with Gasteiger partial charge in [-0.2, -0.15) is 4.31 Å². The molecule has 0 saturated carbocycles. The van der Waals surface area contributed by atoms with Crippen LogP contribution >= 0.6 is 0 Å². The van der Waals surface area contributed by atoms with E-state index in [4.69, 9.17) is 0 Å². The Morgan fingerprint density at radius 3 is 2.50 bits per heavy atom. The van der Waals surface area contributed by atoms with Crippen LogP contribution in [0.25, 0.3) is 11.1 Å². The Morgan fingerprint density at radius 1 is 1.09 bits per heavy atom. The second-order valence-electron chi connectivity index (χ2n) is 8.45. The smallest absolute Gasteiger partial charge is 0.335 e. The van der Waals surface area contributed by atoms with Crippen molar-refractivity contribution in [2.75, 3.05) is 18.5 Å². The average molecular weight is 483 g/mol. The van der Waals surface area contributed by atoms with Crippen LogP contribution in [0.15, 0.2) is 71.6 Å². The third-order valence-electron chi connectivity index (χ3n) is 6.28. The van der Waals surface area contributed by atoms with E-state index in [1.54, 1.807) is 13.1 Å². The molecule has 0 aromatic heterocycles. The number of nitrogens with zero attached hydrogens (tertiary/aromatic N) is 2. The summed E-state index contributed by atoms with van der Waals surface area (Å²) >= 11 is 0. The van der Waals surface area contributed by atoms with Crippen LogP contribution in [0.4, 0.5) is 15.8 Å². The van der Waals surface area contributed by atoms with E-state index in [0.717, 1.165) is 18.5 Å². The second-order valence-corrected chi connectivity index (χ2v) is 10.4. The van der Waals surface area contributed by atoms with Gasteiger partial charge in [0.05, 0.1) is 11.3 Å². The van der Waals surface area contributed by atoms with Crippen molar-refractivity contribution < 1.29 is 22.7 Å². The average Bonchev–Trinajstić information content (AvgIpc) is 2.91. The van der Waals surface area contributed by atoms with Crippen LogP contribution in [0.1, 0.15) is 36.5 Å². The third kappa shape index (κ3) is 4.43. The van der Waals surface area contributed by atoms with Gasteiger partial charge in [0, 0.05) is 30.9 Å². The lowest BCUT2D eigenvalue weighted by molar-refractivity contribution is 0.0697. The summed E-state index contributed by atoms with van der Waals surface area (Å²) in [4.78, 5) is 13.3. The molecule has 1 heterocycles. The van der Waals surface area contributed by atoms with Crippen LogP contribution in [0.5, 0.6) is 0 Å². The maximum Gasteiger partial charge on any atom is 0.335 e. The zero-order chi connectivity index (χ0) is 24.5. The molecule has 1 aliphatic rings. The highest BCUT2D eigenvalue weighted by Crippen LogP contribution is 2.41. The SMILES string of the molecule is CCCCC1CN(c2ccccc2)c2cc(F)c(-c3cccc(C(=O)O)c3)cc2S(=O)(=O)N1C. The Morgan fingerprint density at radius 2 is 1.82 bits per heavy atom. The number of aromatic carboxylic acids is 1. The number of halogens is 1. The molecule has 0 radical (unpaired) electrons. The molecule has 0 amide bonds. The molecule has 1 N–H and O–H groups in total. The van der Waals surface area contributed by atoms with Crippen molar-refractivity contribution in [1.29, 1.82) is 0 Å². The highest BCUT2D eigenvalue weighted by atomic mass is 32.2. The number of sulfonamides is 1. The lowest BCUT2D eigenvalue weighted by Gasteiger charge is -2.29. The topological polar surface area (TPSA) is 77.9 Å².